The first-order valence-corrected chi connectivity index (χ1v) is 7.90. The number of carbonyl (C=O) groups excluding carboxylic acids is 1. The summed E-state index contributed by atoms with van der Waals surface area (Å²) in [6, 6.07) is 7.47. The van der Waals surface area contributed by atoms with Crippen molar-refractivity contribution >= 4 is 17.5 Å². The van der Waals surface area contributed by atoms with Gasteiger partial charge in [0.05, 0.1) is 17.1 Å². The van der Waals surface area contributed by atoms with Crippen LogP contribution in [0.15, 0.2) is 36.4 Å². The lowest BCUT2D eigenvalue weighted by atomic mass is 10.2. The molecule has 1 heterocycles. The predicted octanol–water partition coefficient (Wildman–Crippen LogP) is 3.90. The van der Waals surface area contributed by atoms with Crippen LogP contribution in [0, 0.1) is 0 Å². The molecule has 2 aromatic carbocycles. The van der Waals surface area contributed by atoms with Gasteiger partial charge in [-0.1, -0.05) is 17.7 Å². The van der Waals surface area contributed by atoms with Crippen LogP contribution >= 0.6 is 11.6 Å². The Balaban J connectivity index is 1.53. The Kier molecular flexibility index (Phi) is 5.13. The molecule has 0 atom stereocenters. The minimum absolute atomic E-state index is 0.00529. The Morgan fingerprint density at radius 2 is 2.04 bits per heavy atom. The van der Waals surface area contributed by atoms with E-state index in [1.807, 2.05) is 0 Å². The van der Waals surface area contributed by atoms with Gasteiger partial charge in [0, 0.05) is 5.56 Å². The molecule has 0 radical (unpaired) electrons. The molecule has 0 aromatic heterocycles. The molecular formula is C17H13ClF3NO4. The summed E-state index contributed by atoms with van der Waals surface area (Å²) in [6.07, 6.45) is -4.44. The van der Waals surface area contributed by atoms with Crippen LogP contribution in [-0.2, 0) is 6.18 Å². The maximum atomic E-state index is 12.6. The first-order valence-electron chi connectivity index (χ1n) is 7.52. The van der Waals surface area contributed by atoms with Gasteiger partial charge in [0.1, 0.15) is 12.4 Å². The average molecular weight is 388 g/mol. The molecule has 1 aliphatic rings. The lowest BCUT2D eigenvalue weighted by molar-refractivity contribution is -0.137. The normalized spacial score (nSPS) is 12.8. The summed E-state index contributed by atoms with van der Waals surface area (Å²) in [5.74, 6) is 0.414. The molecule has 0 aliphatic carbocycles. The van der Waals surface area contributed by atoms with Crippen LogP contribution < -0.4 is 19.5 Å². The lowest BCUT2D eigenvalue weighted by Crippen LogP contribution is -2.28. The van der Waals surface area contributed by atoms with Gasteiger partial charge in [0.25, 0.3) is 5.91 Å². The highest BCUT2D eigenvalue weighted by molar-refractivity contribution is 6.32. The highest BCUT2D eigenvalue weighted by Crippen LogP contribution is 2.39. The van der Waals surface area contributed by atoms with Gasteiger partial charge < -0.3 is 19.5 Å². The summed E-state index contributed by atoms with van der Waals surface area (Å²) in [7, 11) is 0. The zero-order valence-electron chi connectivity index (χ0n) is 13.2. The number of rotatable bonds is 5. The molecule has 5 nitrogen and oxygen atoms in total. The van der Waals surface area contributed by atoms with Crippen molar-refractivity contribution in [2.75, 3.05) is 19.9 Å². The third kappa shape index (κ3) is 4.13. The minimum Gasteiger partial charge on any atom is -0.492 e. The number of amides is 1. The summed E-state index contributed by atoms with van der Waals surface area (Å²) in [4.78, 5) is 12.1. The Morgan fingerprint density at radius 1 is 1.23 bits per heavy atom. The van der Waals surface area contributed by atoms with Crippen LogP contribution in [0.2, 0.25) is 5.02 Å². The molecule has 2 aromatic rings. The Bertz CT molecular complexity index is 826. The second kappa shape index (κ2) is 7.33. The lowest BCUT2D eigenvalue weighted by Gasteiger charge is -2.11. The van der Waals surface area contributed by atoms with E-state index in [1.54, 1.807) is 0 Å². The van der Waals surface area contributed by atoms with Crippen LogP contribution in [0.4, 0.5) is 13.2 Å². The van der Waals surface area contributed by atoms with E-state index in [1.165, 1.54) is 24.3 Å². The molecule has 0 unspecified atom stereocenters. The van der Waals surface area contributed by atoms with E-state index in [0.29, 0.717) is 11.5 Å². The highest BCUT2D eigenvalue weighted by Gasteiger charge is 2.30. The molecule has 0 bridgehead atoms. The van der Waals surface area contributed by atoms with Gasteiger partial charge >= 0.3 is 6.18 Å². The van der Waals surface area contributed by atoms with E-state index < -0.39 is 17.6 Å². The molecule has 0 saturated heterocycles. The number of benzene rings is 2. The second-order valence-electron chi connectivity index (χ2n) is 5.32. The van der Waals surface area contributed by atoms with Gasteiger partial charge in [-0.3, -0.25) is 4.79 Å². The summed E-state index contributed by atoms with van der Waals surface area (Å²) in [5.41, 5.74) is -0.521. The SMILES string of the molecule is O=C(NCCOc1cccc(C(F)(F)F)c1)c1cc(Cl)c2c(c1)OCO2. The third-order valence-electron chi connectivity index (χ3n) is 3.51. The van der Waals surface area contributed by atoms with Crippen molar-refractivity contribution in [1.29, 1.82) is 0 Å². The molecule has 3 rings (SSSR count). The van der Waals surface area contributed by atoms with Gasteiger partial charge in [-0.2, -0.15) is 13.2 Å². The number of ether oxygens (including phenoxy) is 3. The van der Waals surface area contributed by atoms with Crippen LogP contribution in [0.25, 0.3) is 0 Å². The van der Waals surface area contributed by atoms with Crippen molar-refractivity contribution < 1.29 is 32.2 Å². The van der Waals surface area contributed by atoms with Crippen molar-refractivity contribution in [3.8, 4) is 17.2 Å². The minimum atomic E-state index is -4.44. The molecule has 9 heteroatoms. The molecule has 0 fully saturated rings. The molecule has 138 valence electrons. The monoisotopic (exact) mass is 387 g/mol. The summed E-state index contributed by atoms with van der Waals surface area (Å²) < 4.78 is 53.5. The van der Waals surface area contributed by atoms with E-state index in [-0.39, 0.29) is 36.3 Å². The van der Waals surface area contributed by atoms with Crippen LogP contribution in [-0.4, -0.2) is 25.9 Å². The number of alkyl halides is 3. The molecular weight excluding hydrogens is 375 g/mol. The topological polar surface area (TPSA) is 56.8 Å². The largest absolute Gasteiger partial charge is 0.492 e. The van der Waals surface area contributed by atoms with Crippen LogP contribution in [0.1, 0.15) is 15.9 Å². The third-order valence-corrected chi connectivity index (χ3v) is 3.79. The van der Waals surface area contributed by atoms with E-state index in [9.17, 15) is 18.0 Å². The Labute approximate surface area is 151 Å². The van der Waals surface area contributed by atoms with Crippen molar-refractivity contribution in [3.05, 3.63) is 52.5 Å². The van der Waals surface area contributed by atoms with Crippen molar-refractivity contribution in [2.24, 2.45) is 0 Å². The van der Waals surface area contributed by atoms with E-state index in [0.717, 1.165) is 12.1 Å². The summed E-state index contributed by atoms with van der Waals surface area (Å²) in [6.45, 7) is 0.136. The number of nitrogens with one attached hydrogen (secondary N) is 1. The number of fused-ring (bicyclic) bond motifs is 1. The fraction of sp³-hybridized carbons (Fsp3) is 0.235. The number of hydrogen-bond donors (Lipinski definition) is 1. The average Bonchev–Trinajstić information content (AvgIpc) is 3.07. The van der Waals surface area contributed by atoms with Gasteiger partial charge in [-0.25, -0.2) is 0 Å². The molecule has 1 aliphatic heterocycles. The van der Waals surface area contributed by atoms with E-state index in [4.69, 9.17) is 25.8 Å². The molecule has 26 heavy (non-hydrogen) atoms. The first-order chi connectivity index (χ1) is 12.3. The summed E-state index contributed by atoms with van der Waals surface area (Å²) >= 11 is 6.01. The number of carbonyl (C=O) groups is 1. The quantitative estimate of drug-likeness (QED) is 0.791. The molecule has 1 amide bonds. The van der Waals surface area contributed by atoms with E-state index >= 15 is 0 Å². The number of hydrogen-bond acceptors (Lipinski definition) is 4. The smallest absolute Gasteiger partial charge is 0.416 e. The van der Waals surface area contributed by atoms with Crippen LogP contribution in [0.3, 0.4) is 0 Å². The summed E-state index contributed by atoms with van der Waals surface area (Å²) in [5, 5.41) is 2.85. The fourth-order valence-electron chi connectivity index (χ4n) is 2.30. The molecule has 0 saturated carbocycles. The van der Waals surface area contributed by atoms with E-state index in [2.05, 4.69) is 5.32 Å². The van der Waals surface area contributed by atoms with Gasteiger partial charge in [-0.05, 0) is 30.3 Å². The maximum absolute atomic E-state index is 12.6. The fourth-order valence-corrected chi connectivity index (χ4v) is 2.56. The van der Waals surface area contributed by atoms with Crippen molar-refractivity contribution in [3.63, 3.8) is 0 Å². The molecule has 1 N–H and O–H groups in total. The van der Waals surface area contributed by atoms with Crippen LogP contribution in [0.5, 0.6) is 17.2 Å². The number of halogens is 4. The Morgan fingerprint density at radius 3 is 2.81 bits per heavy atom. The Hall–Kier alpha value is -2.61. The van der Waals surface area contributed by atoms with Crippen molar-refractivity contribution in [1.82, 2.24) is 5.32 Å². The van der Waals surface area contributed by atoms with Gasteiger partial charge in [0.2, 0.25) is 6.79 Å². The predicted molar refractivity (Wildman–Crippen MR) is 86.8 cm³/mol. The zero-order valence-corrected chi connectivity index (χ0v) is 14.0. The molecule has 0 spiro atoms. The standard InChI is InChI=1S/C17H13ClF3NO4/c18-13-6-10(7-14-15(13)26-9-25-14)16(23)22-4-5-24-12-3-1-2-11(8-12)17(19,20)21/h1-3,6-8H,4-5,9H2,(H,22,23). The second-order valence-corrected chi connectivity index (χ2v) is 5.73. The zero-order chi connectivity index (χ0) is 18.7. The maximum Gasteiger partial charge on any atom is 0.416 e. The van der Waals surface area contributed by atoms with Crippen molar-refractivity contribution in [2.45, 2.75) is 6.18 Å². The highest BCUT2D eigenvalue weighted by atomic mass is 35.5. The van der Waals surface area contributed by atoms with Gasteiger partial charge in [0.15, 0.2) is 11.5 Å². The first kappa shape index (κ1) is 18.2. The van der Waals surface area contributed by atoms with Gasteiger partial charge in [-0.15, -0.1) is 0 Å².